The number of benzene rings is 1. The van der Waals surface area contributed by atoms with Gasteiger partial charge in [0.25, 0.3) is 0 Å². The first-order valence-corrected chi connectivity index (χ1v) is 7.07. The van der Waals surface area contributed by atoms with E-state index in [1.165, 1.54) is 6.07 Å². The van der Waals surface area contributed by atoms with Crippen molar-refractivity contribution >= 4 is 5.69 Å². The molecule has 106 valence electrons. The van der Waals surface area contributed by atoms with Crippen molar-refractivity contribution < 1.29 is 9.13 Å². The van der Waals surface area contributed by atoms with Gasteiger partial charge in [-0.05, 0) is 37.4 Å². The smallest absolute Gasteiger partial charge is 0.146 e. The van der Waals surface area contributed by atoms with Crippen LogP contribution in [0.5, 0.6) is 0 Å². The van der Waals surface area contributed by atoms with Gasteiger partial charge in [-0.25, -0.2) is 4.39 Å². The summed E-state index contributed by atoms with van der Waals surface area (Å²) in [5.41, 5.74) is 6.93. The van der Waals surface area contributed by atoms with Crippen LogP contribution in [0.3, 0.4) is 0 Å². The maximum absolute atomic E-state index is 13.4. The highest BCUT2D eigenvalue weighted by Gasteiger charge is 2.21. The summed E-state index contributed by atoms with van der Waals surface area (Å²) in [7, 11) is 0. The average Bonchev–Trinajstić information content (AvgIpc) is 2.42. The monoisotopic (exact) mass is 266 g/mol. The minimum atomic E-state index is -0.326. The molecule has 0 amide bonds. The standard InChI is InChI=1S/C15H23FN2O/c1-2-9-19-13-6-4-8-18(11-13)10-12-5-3-7-14(16)15(12)17/h3,5,7,13H,2,4,6,8-11,17H2,1H3. The Morgan fingerprint density at radius 1 is 1.47 bits per heavy atom. The number of likely N-dealkylation sites (tertiary alicyclic amines) is 1. The van der Waals surface area contributed by atoms with E-state index < -0.39 is 0 Å². The molecule has 2 rings (SSSR count). The summed E-state index contributed by atoms with van der Waals surface area (Å²) in [5.74, 6) is -0.326. The van der Waals surface area contributed by atoms with Gasteiger partial charge in [-0.15, -0.1) is 0 Å². The van der Waals surface area contributed by atoms with Crippen LogP contribution in [-0.4, -0.2) is 30.7 Å². The number of nitrogens with zero attached hydrogens (tertiary/aromatic N) is 1. The first kappa shape index (κ1) is 14.3. The zero-order chi connectivity index (χ0) is 13.7. The lowest BCUT2D eigenvalue weighted by molar-refractivity contribution is -0.00219. The van der Waals surface area contributed by atoms with Crippen LogP contribution in [0.15, 0.2) is 18.2 Å². The Labute approximate surface area is 114 Å². The molecule has 3 nitrogen and oxygen atoms in total. The Morgan fingerprint density at radius 2 is 2.32 bits per heavy atom. The van der Waals surface area contributed by atoms with Gasteiger partial charge in [0, 0.05) is 19.7 Å². The molecule has 1 fully saturated rings. The molecule has 1 aliphatic heterocycles. The Kier molecular flexibility index (Phi) is 5.16. The molecule has 1 saturated heterocycles. The molecular formula is C15H23FN2O. The molecule has 1 unspecified atom stereocenters. The lowest BCUT2D eigenvalue weighted by Crippen LogP contribution is -2.39. The van der Waals surface area contributed by atoms with E-state index in [1.807, 2.05) is 6.07 Å². The second-order valence-corrected chi connectivity index (χ2v) is 5.18. The lowest BCUT2D eigenvalue weighted by atomic mass is 10.1. The van der Waals surface area contributed by atoms with E-state index in [0.717, 1.165) is 44.5 Å². The van der Waals surface area contributed by atoms with E-state index >= 15 is 0 Å². The fourth-order valence-electron chi connectivity index (χ4n) is 2.54. The van der Waals surface area contributed by atoms with Crippen molar-refractivity contribution in [2.24, 2.45) is 0 Å². The van der Waals surface area contributed by atoms with Crippen LogP contribution in [0.2, 0.25) is 0 Å². The number of nitrogens with two attached hydrogens (primary N) is 1. The van der Waals surface area contributed by atoms with Crippen LogP contribution in [0.1, 0.15) is 31.7 Å². The summed E-state index contributed by atoms with van der Waals surface area (Å²) in [6, 6.07) is 5.02. The van der Waals surface area contributed by atoms with Gasteiger partial charge < -0.3 is 10.5 Å². The maximum Gasteiger partial charge on any atom is 0.146 e. The molecule has 1 heterocycles. The molecule has 1 atom stereocenters. The minimum absolute atomic E-state index is 0.277. The maximum atomic E-state index is 13.4. The number of hydrogen-bond donors (Lipinski definition) is 1. The fraction of sp³-hybridized carbons (Fsp3) is 0.600. The van der Waals surface area contributed by atoms with Crippen LogP contribution >= 0.6 is 0 Å². The molecule has 0 bridgehead atoms. The summed E-state index contributed by atoms with van der Waals surface area (Å²) < 4.78 is 19.2. The predicted octanol–water partition coefficient (Wildman–Crippen LogP) is 2.80. The third kappa shape index (κ3) is 3.91. The molecule has 2 N–H and O–H groups in total. The highest BCUT2D eigenvalue weighted by atomic mass is 19.1. The summed E-state index contributed by atoms with van der Waals surface area (Å²) in [6.07, 6.45) is 3.61. The van der Waals surface area contributed by atoms with E-state index in [1.54, 1.807) is 6.07 Å². The van der Waals surface area contributed by atoms with Crippen molar-refractivity contribution in [2.75, 3.05) is 25.4 Å². The van der Waals surface area contributed by atoms with Gasteiger partial charge >= 0.3 is 0 Å². The summed E-state index contributed by atoms with van der Waals surface area (Å²) >= 11 is 0. The zero-order valence-electron chi connectivity index (χ0n) is 11.6. The van der Waals surface area contributed by atoms with E-state index in [9.17, 15) is 4.39 Å². The topological polar surface area (TPSA) is 38.5 Å². The first-order chi connectivity index (χ1) is 9.20. The zero-order valence-corrected chi connectivity index (χ0v) is 11.6. The van der Waals surface area contributed by atoms with Crippen LogP contribution in [0.4, 0.5) is 10.1 Å². The van der Waals surface area contributed by atoms with Gasteiger partial charge in [0.15, 0.2) is 0 Å². The molecule has 1 aliphatic rings. The van der Waals surface area contributed by atoms with Crippen molar-refractivity contribution in [1.29, 1.82) is 0 Å². The van der Waals surface area contributed by atoms with Crippen LogP contribution in [0, 0.1) is 5.82 Å². The highest BCUT2D eigenvalue weighted by molar-refractivity contribution is 5.47. The van der Waals surface area contributed by atoms with Crippen LogP contribution in [0.25, 0.3) is 0 Å². The third-order valence-electron chi connectivity index (χ3n) is 3.56. The number of rotatable bonds is 5. The van der Waals surface area contributed by atoms with Gasteiger partial charge in [0.2, 0.25) is 0 Å². The average molecular weight is 266 g/mol. The van der Waals surface area contributed by atoms with Crippen LogP contribution < -0.4 is 5.73 Å². The summed E-state index contributed by atoms with van der Waals surface area (Å²) in [5, 5.41) is 0. The lowest BCUT2D eigenvalue weighted by Gasteiger charge is -2.32. The van der Waals surface area contributed by atoms with E-state index in [0.29, 0.717) is 12.6 Å². The third-order valence-corrected chi connectivity index (χ3v) is 3.56. The Balaban J connectivity index is 1.93. The molecule has 1 aromatic carbocycles. The van der Waals surface area contributed by atoms with Crippen molar-refractivity contribution in [3.63, 3.8) is 0 Å². The SMILES string of the molecule is CCCOC1CCCN(Cc2cccc(F)c2N)C1. The Morgan fingerprint density at radius 3 is 3.11 bits per heavy atom. The van der Waals surface area contributed by atoms with Gasteiger partial charge in [-0.1, -0.05) is 19.1 Å². The number of piperidine rings is 1. The second-order valence-electron chi connectivity index (χ2n) is 5.18. The van der Waals surface area contributed by atoms with E-state index in [4.69, 9.17) is 10.5 Å². The Hall–Kier alpha value is -1.13. The van der Waals surface area contributed by atoms with Crippen LogP contribution in [-0.2, 0) is 11.3 Å². The van der Waals surface area contributed by atoms with Crippen molar-refractivity contribution in [3.05, 3.63) is 29.6 Å². The molecule has 19 heavy (non-hydrogen) atoms. The molecular weight excluding hydrogens is 243 g/mol. The van der Waals surface area contributed by atoms with E-state index in [2.05, 4.69) is 11.8 Å². The van der Waals surface area contributed by atoms with Crippen molar-refractivity contribution in [2.45, 2.75) is 38.8 Å². The van der Waals surface area contributed by atoms with Gasteiger partial charge in [-0.2, -0.15) is 0 Å². The number of ether oxygens (including phenoxy) is 1. The largest absolute Gasteiger partial charge is 0.396 e. The van der Waals surface area contributed by atoms with Gasteiger partial charge in [0.1, 0.15) is 5.82 Å². The molecule has 0 radical (unpaired) electrons. The molecule has 0 aliphatic carbocycles. The molecule has 0 saturated carbocycles. The Bertz CT molecular complexity index is 411. The second kappa shape index (κ2) is 6.87. The van der Waals surface area contributed by atoms with E-state index in [-0.39, 0.29) is 11.5 Å². The number of para-hydroxylation sites is 1. The molecule has 4 heteroatoms. The number of hydrogen-bond acceptors (Lipinski definition) is 3. The summed E-state index contributed by atoms with van der Waals surface area (Å²) in [4.78, 5) is 2.30. The molecule has 0 spiro atoms. The molecule has 0 aromatic heterocycles. The highest BCUT2D eigenvalue weighted by Crippen LogP contribution is 2.21. The normalized spacial score (nSPS) is 20.6. The molecule has 1 aromatic rings. The fourth-order valence-corrected chi connectivity index (χ4v) is 2.54. The number of nitrogen functional groups attached to an aromatic ring is 1. The number of halogens is 1. The quantitative estimate of drug-likeness (QED) is 0.833. The van der Waals surface area contributed by atoms with Crippen molar-refractivity contribution in [1.82, 2.24) is 4.90 Å². The van der Waals surface area contributed by atoms with Crippen molar-refractivity contribution in [3.8, 4) is 0 Å². The minimum Gasteiger partial charge on any atom is -0.396 e. The first-order valence-electron chi connectivity index (χ1n) is 7.07. The van der Waals surface area contributed by atoms with Gasteiger partial charge in [-0.3, -0.25) is 4.90 Å². The predicted molar refractivity (Wildman–Crippen MR) is 75.4 cm³/mol. The van der Waals surface area contributed by atoms with Gasteiger partial charge in [0.05, 0.1) is 11.8 Å². The number of anilines is 1. The summed E-state index contributed by atoms with van der Waals surface area (Å²) in [6.45, 7) is 5.59.